The third kappa shape index (κ3) is 1.38. The summed E-state index contributed by atoms with van der Waals surface area (Å²) >= 11 is 0. The van der Waals surface area contributed by atoms with E-state index in [1.165, 1.54) is 0 Å². The van der Waals surface area contributed by atoms with Crippen molar-refractivity contribution in [3.8, 4) is 0 Å². The maximum Gasteiger partial charge on any atom is 0.331 e. The van der Waals surface area contributed by atoms with Gasteiger partial charge in [-0.3, -0.25) is 0 Å². The van der Waals surface area contributed by atoms with Crippen LogP contribution in [-0.2, 0) is 4.79 Å². The highest BCUT2D eigenvalue weighted by Crippen LogP contribution is 2.29. The summed E-state index contributed by atoms with van der Waals surface area (Å²) < 4.78 is 0. The van der Waals surface area contributed by atoms with Gasteiger partial charge in [-0.1, -0.05) is 19.4 Å². The molecule has 10 heavy (non-hydrogen) atoms. The molecule has 2 nitrogen and oxygen atoms in total. The second kappa shape index (κ2) is 2.86. The zero-order valence-electron chi connectivity index (χ0n) is 5.97. The molecule has 0 heterocycles. The van der Waals surface area contributed by atoms with Crippen LogP contribution in [0.4, 0.5) is 0 Å². The van der Waals surface area contributed by atoms with Gasteiger partial charge in [0, 0.05) is 5.57 Å². The summed E-state index contributed by atoms with van der Waals surface area (Å²) in [6.07, 6.45) is 4.37. The monoisotopic (exact) mass is 140 g/mol. The highest BCUT2D eigenvalue weighted by Gasteiger charge is 2.21. The number of hydrogen-bond acceptors (Lipinski definition) is 1. The second-order valence-electron chi connectivity index (χ2n) is 2.81. The Balaban J connectivity index is 2.48. The normalized spacial score (nSPS) is 19.2. The first-order valence-corrected chi connectivity index (χ1v) is 3.64. The van der Waals surface area contributed by atoms with Crippen LogP contribution in [0.1, 0.15) is 25.7 Å². The van der Waals surface area contributed by atoms with Crippen molar-refractivity contribution in [1.29, 1.82) is 0 Å². The maximum atomic E-state index is 10.4. The van der Waals surface area contributed by atoms with E-state index in [1.54, 1.807) is 0 Å². The first-order chi connectivity index (χ1) is 4.72. The smallest absolute Gasteiger partial charge is 0.331 e. The quantitative estimate of drug-likeness (QED) is 0.594. The van der Waals surface area contributed by atoms with Crippen molar-refractivity contribution >= 4 is 5.97 Å². The van der Waals surface area contributed by atoms with Crippen LogP contribution in [0.5, 0.6) is 0 Å². The lowest BCUT2D eigenvalue weighted by atomic mass is 9.99. The molecule has 0 aromatic carbocycles. The number of rotatable bonds is 2. The molecule has 0 aliphatic heterocycles. The molecular weight excluding hydrogens is 128 g/mol. The Kier molecular flexibility index (Phi) is 2.10. The summed E-state index contributed by atoms with van der Waals surface area (Å²) in [6.45, 7) is 3.54. The Morgan fingerprint density at radius 1 is 1.40 bits per heavy atom. The molecule has 0 spiro atoms. The fourth-order valence-corrected chi connectivity index (χ4v) is 1.45. The van der Waals surface area contributed by atoms with Crippen LogP contribution in [0, 0.1) is 5.92 Å². The van der Waals surface area contributed by atoms with E-state index in [4.69, 9.17) is 5.11 Å². The zero-order chi connectivity index (χ0) is 7.56. The molecule has 0 radical (unpaired) electrons. The Morgan fingerprint density at radius 2 is 1.90 bits per heavy atom. The average Bonchev–Trinajstić information content (AvgIpc) is 2.36. The number of carboxylic acids is 1. The molecule has 0 aromatic rings. The van der Waals surface area contributed by atoms with Crippen molar-refractivity contribution < 1.29 is 9.90 Å². The van der Waals surface area contributed by atoms with E-state index in [2.05, 4.69) is 6.58 Å². The van der Waals surface area contributed by atoms with Crippen LogP contribution in [-0.4, -0.2) is 11.1 Å². The van der Waals surface area contributed by atoms with E-state index in [0.29, 0.717) is 5.57 Å². The maximum absolute atomic E-state index is 10.4. The van der Waals surface area contributed by atoms with Gasteiger partial charge in [0.15, 0.2) is 0 Å². The van der Waals surface area contributed by atoms with Crippen molar-refractivity contribution in [3.63, 3.8) is 0 Å². The van der Waals surface area contributed by atoms with Gasteiger partial charge >= 0.3 is 5.97 Å². The highest BCUT2D eigenvalue weighted by atomic mass is 16.4. The first kappa shape index (κ1) is 7.32. The number of carbonyl (C=O) groups is 1. The molecule has 0 atom stereocenters. The predicted molar refractivity (Wildman–Crippen MR) is 38.7 cm³/mol. The molecule has 0 saturated heterocycles. The largest absolute Gasteiger partial charge is 0.478 e. The van der Waals surface area contributed by atoms with Crippen molar-refractivity contribution in [2.45, 2.75) is 25.7 Å². The minimum Gasteiger partial charge on any atom is -0.478 e. The summed E-state index contributed by atoms with van der Waals surface area (Å²) in [5.41, 5.74) is 0.400. The molecule has 0 aromatic heterocycles. The Morgan fingerprint density at radius 3 is 2.30 bits per heavy atom. The Bertz CT molecular complexity index is 155. The van der Waals surface area contributed by atoms with Crippen molar-refractivity contribution in [3.05, 3.63) is 12.2 Å². The van der Waals surface area contributed by atoms with E-state index < -0.39 is 5.97 Å². The molecule has 1 saturated carbocycles. The molecule has 2 heteroatoms. The molecule has 0 amide bonds. The molecule has 1 N–H and O–H groups in total. The minimum absolute atomic E-state index is 0.262. The Hall–Kier alpha value is -0.790. The summed E-state index contributed by atoms with van der Waals surface area (Å²) in [4.78, 5) is 10.4. The van der Waals surface area contributed by atoms with Crippen LogP contribution in [0.3, 0.4) is 0 Å². The van der Waals surface area contributed by atoms with Crippen LogP contribution in [0.2, 0.25) is 0 Å². The number of hydrogen-bond donors (Lipinski definition) is 1. The van der Waals surface area contributed by atoms with Crippen LogP contribution >= 0.6 is 0 Å². The lowest BCUT2D eigenvalue weighted by molar-refractivity contribution is -0.133. The fraction of sp³-hybridized carbons (Fsp3) is 0.625. The summed E-state index contributed by atoms with van der Waals surface area (Å²) in [5.74, 6) is -0.565. The van der Waals surface area contributed by atoms with Gasteiger partial charge in [0.2, 0.25) is 0 Å². The van der Waals surface area contributed by atoms with Gasteiger partial charge in [-0.15, -0.1) is 0 Å². The molecule has 1 aliphatic carbocycles. The highest BCUT2D eigenvalue weighted by molar-refractivity contribution is 5.86. The average molecular weight is 140 g/mol. The van der Waals surface area contributed by atoms with E-state index in [1.807, 2.05) is 0 Å². The number of carboxylic acid groups (broad SMARTS) is 1. The van der Waals surface area contributed by atoms with Crippen LogP contribution in [0.15, 0.2) is 12.2 Å². The van der Waals surface area contributed by atoms with Gasteiger partial charge < -0.3 is 5.11 Å². The topological polar surface area (TPSA) is 37.3 Å². The van der Waals surface area contributed by atoms with Gasteiger partial charge in [0.1, 0.15) is 0 Å². The van der Waals surface area contributed by atoms with E-state index in [9.17, 15) is 4.79 Å². The van der Waals surface area contributed by atoms with Crippen LogP contribution < -0.4 is 0 Å². The lowest BCUT2D eigenvalue weighted by Gasteiger charge is -2.06. The SMILES string of the molecule is C=C(C(=O)O)C1CCCC1. The first-order valence-electron chi connectivity index (χ1n) is 3.64. The predicted octanol–water partition coefficient (Wildman–Crippen LogP) is 1.82. The zero-order valence-corrected chi connectivity index (χ0v) is 5.97. The fourth-order valence-electron chi connectivity index (χ4n) is 1.45. The summed E-state index contributed by atoms with van der Waals surface area (Å²) in [6, 6.07) is 0. The van der Waals surface area contributed by atoms with E-state index in [-0.39, 0.29) is 5.92 Å². The van der Waals surface area contributed by atoms with Crippen molar-refractivity contribution in [1.82, 2.24) is 0 Å². The summed E-state index contributed by atoms with van der Waals surface area (Å²) in [5, 5.41) is 8.54. The van der Waals surface area contributed by atoms with Gasteiger partial charge in [0.25, 0.3) is 0 Å². The standard InChI is InChI=1S/C8H12O2/c1-6(8(9)10)7-4-2-3-5-7/h7H,1-5H2,(H,9,10). The van der Waals surface area contributed by atoms with Gasteiger partial charge in [0.05, 0.1) is 0 Å². The molecule has 1 aliphatic rings. The molecule has 56 valence electrons. The van der Waals surface area contributed by atoms with Crippen molar-refractivity contribution in [2.24, 2.45) is 5.92 Å². The summed E-state index contributed by atoms with van der Waals surface area (Å²) in [7, 11) is 0. The third-order valence-electron chi connectivity index (χ3n) is 2.12. The molecule has 1 fully saturated rings. The molecule has 1 rings (SSSR count). The van der Waals surface area contributed by atoms with Gasteiger partial charge in [-0.2, -0.15) is 0 Å². The molecular formula is C8H12O2. The van der Waals surface area contributed by atoms with Crippen molar-refractivity contribution in [2.75, 3.05) is 0 Å². The Labute approximate surface area is 60.6 Å². The van der Waals surface area contributed by atoms with Gasteiger partial charge in [-0.05, 0) is 18.8 Å². The van der Waals surface area contributed by atoms with E-state index >= 15 is 0 Å². The second-order valence-corrected chi connectivity index (χ2v) is 2.81. The minimum atomic E-state index is -0.827. The number of aliphatic carboxylic acids is 1. The van der Waals surface area contributed by atoms with Gasteiger partial charge in [-0.25, -0.2) is 4.79 Å². The third-order valence-corrected chi connectivity index (χ3v) is 2.12. The van der Waals surface area contributed by atoms with E-state index in [0.717, 1.165) is 25.7 Å². The van der Waals surface area contributed by atoms with Crippen LogP contribution in [0.25, 0.3) is 0 Å². The lowest BCUT2D eigenvalue weighted by Crippen LogP contribution is -2.07. The molecule has 0 bridgehead atoms. The molecule has 0 unspecified atom stereocenters.